The maximum atomic E-state index is 5.76. The highest BCUT2D eigenvalue weighted by Gasteiger charge is 2.22. The van der Waals surface area contributed by atoms with E-state index in [1.807, 2.05) is 39.6 Å². The van der Waals surface area contributed by atoms with Crippen molar-refractivity contribution in [3.05, 3.63) is 72.0 Å². The number of rotatable bonds is 7. The molecule has 7 heteroatoms. The Morgan fingerprint density at radius 1 is 1.10 bits per heavy atom. The van der Waals surface area contributed by atoms with Crippen LogP contribution in [0.15, 0.2) is 67.3 Å². The molecule has 0 spiro atoms. The minimum atomic E-state index is 0.636. The van der Waals surface area contributed by atoms with E-state index in [0.29, 0.717) is 6.54 Å². The van der Waals surface area contributed by atoms with Gasteiger partial charge in [0.15, 0.2) is 12.5 Å². The third-order valence-corrected chi connectivity index (χ3v) is 5.98. The van der Waals surface area contributed by atoms with Gasteiger partial charge in [0, 0.05) is 17.8 Å². The van der Waals surface area contributed by atoms with Crippen LogP contribution in [0.5, 0.6) is 5.75 Å². The molecule has 1 saturated heterocycles. The van der Waals surface area contributed by atoms with Gasteiger partial charge in [-0.05, 0) is 48.6 Å². The summed E-state index contributed by atoms with van der Waals surface area (Å²) >= 11 is 5.76. The molecule has 1 N–H and O–H groups in total. The van der Waals surface area contributed by atoms with Crippen molar-refractivity contribution >= 4 is 17.9 Å². The van der Waals surface area contributed by atoms with Crippen molar-refractivity contribution in [3.8, 4) is 17.1 Å². The summed E-state index contributed by atoms with van der Waals surface area (Å²) in [5.74, 6) is 1.69. The van der Waals surface area contributed by atoms with Gasteiger partial charge in [0.1, 0.15) is 5.75 Å². The number of methoxy groups -OCH3 is 1. The first-order chi connectivity index (χ1) is 14.7. The largest absolute Gasteiger partial charge is 0.497 e. The van der Waals surface area contributed by atoms with E-state index in [1.54, 1.807) is 7.11 Å². The Balaban J connectivity index is 1.50. The lowest BCUT2D eigenvalue weighted by molar-refractivity contribution is -0.924. The molecule has 6 nitrogen and oxygen atoms in total. The van der Waals surface area contributed by atoms with E-state index in [0.717, 1.165) is 54.8 Å². The van der Waals surface area contributed by atoms with Crippen LogP contribution in [0.25, 0.3) is 11.4 Å². The number of nitrogens with zero attached hydrogens (tertiary/aromatic N) is 4. The Bertz CT molecular complexity index is 1030. The Kier molecular flexibility index (Phi) is 6.30. The lowest BCUT2D eigenvalue weighted by Crippen LogP contribution is -3.14. The molecule has 0 unspecified atom stereocenters. The van der Waals surface area contributed by atoms with Crippen molar-refractivity contribution in [1.82, 2.24) is 14.3 Å². The molecule has 156 valence electrons. The molecule has 4 rings (SSSR count). The van der Waals surface area contributed by atoms with Crippen LogP contribution in [0.3, 0.4) is 0 Å². The highest BCUT2D eigenvalue weighted by molar-refractivity contribution is 7.71. The second-order valence-corrected chi connectivity index (χ2v) is 7.83. The number of nitrogens with one attached hydrogen (secondary N) is 1. The van der Waals surface area contributed by atoms with Crippen molar-refractivity contribution in [2.75, 3.05) is 38.2 Å². The molecular formula is C23H28N5OS+. The van der Waals surface area contributed by atoms with E-state index in [2.05, 4.69) is 41.8 Å². The number of aromatic nitrogens is 3. The molecule has 0 atom stereocenters. The normalized spacial score (nSPS) is 14.6. The fourth-order valence-electron chi connectivity index (χ4n) is 3.88. The van der Waals surface area contributed by atoms with Crippen molar-refractivity contribution < 1.29 is 9.64 Å². The van der Waals surface area contributed by atoms with Gasteiger partial charge in [0.2, 0.25) is 4.77 Å². The van der Waals surface area contributed by atoms with Gasteiger partial charge in [-0.15, -0.1) is 11.7 Å². The Labute approximate surface area is 182 Å². The van der Waals surface area contributed by atoms with E-state index >= 15 is 0 Å². The fourth-order valence-corrected chi connectivity index (χ4v) is 4.15. The lowest BCUT2D eigenvalue weighted by atomic mass is 10.2. The predicted octanol–water partition coefficient (Wildman–Crippen LogP) is 2.64. The van der Waals surface area contributed by atoms with Crippen molar-refractivity contribution in [2.24, 2.45) is 0 Å². The summed E-state index contributed by atoms with van der Waals surface area (Å²) in [6.45, 7) is 9.48. The maximum Gasteiger partial charge on any atom is 0.203 e. The molecule has 3 aromatic rings. The Morgan fingerprint density at radius 3 is 2.43 bits per heavy atom. The van der Waals surface area contributed by atoms with E-state index in [1.165, 1.54) is 10.6 Å². The highest BCUT2D eigenvalue weighted by Crippen LogP contribution is 2.21. The van der Waals surface area contributed by atoms with Crippen molar-refractivity contribution in [3.63, 3.8) is 0 Å². The zero-order valence-corrected chi connectivity index (χ0v) is 18.1. The van der Waals surface area contributed by atoms with Crippen LogP contribution in [0.2, 0.25) is 0 Å². The first-order valence-corrected chi connectivity index (χ1v) is 10.7. The molecule has 0 aliphatic carbocycles. The molecule has 0 saturated carbocycles. The minimum Gasteiger partial charge on any atom is -0.497 e. The first-order valence-electron chi connectivity index (χ1n) is 10.3. The monoisotopic (exact) mass is 422 g/mol. The smallest absolute Gasteiger partial charge is 0.203 e. The third-order valence-electron chi connectivity index (χ3n) is 5.55. The highest BCUT2D eigenvalue weighted by atomic mass is 32.1. The predicted molar refractivity (Wildman–Crippen MR) is 123 cm³/mol. The van der Waals surface area contributed by atoms with Crippen molar-refractivity contribution in [2.45, 2.75) is 13.2 Å². The second kappa shape index (κ2) is 9.28. The number of benzene rings is 2. The van der Waals surface area contributed by atoms with Crippen molar-refractivity contribution in [1.29, 1.82) is 0 Å². The first kappa shape index (κ1) is 20.4. The van der Waals surface area contributed by atoms with Gasteiger partial charge in [-0.2, -0.15) is 4.68 Å². The maximum absolute atomic E-state index is 5.76. The number of hydrogen-bond acceptors (Lipinski definition) is 4. The molecule has 0 radical (unpaired) electrons. The van der Waals surface area contributed by atoms with E-state index in [4.69, 9.17) is 22.1 Å². The summed E-state index contributed by atoms with van der Waals surface area (Å²) in [6, 6.07) is 18.6. The number of para-hydroxylation sites is 1. The zero-order valence-electron chi connectivity index (χ0n) is 17.3. The van der Waals surface area contributed by atoms with Gasteiger partial charge in [-0.25, -0.2) is 0 Å². The molecule has 2 heterocycles. The Morgan fingerprint density at radius 2 is 1.80 bits per heavy atom. The van der Waals surface area contributed by atoms with Gasteiger partial charge in [-0.3, -0.25) is 4.57 Å². The summed E-state index contributed by atoms with van der Waals surface area (Å²) in [5.41, 5.74) is 2.32. The molecule has 0 amide bonds. The molecule has 2 aromatic carbocycles. The van der Waals surface area contributed by atoms with Crippen LogP contribution in [0, 0.1) is 4.77 Å². The minimum absolute atomic E-state index is 0.636. The van der Waals surface area contributed by atoms with Gasteiger partial charge in [0.05, 0.1) is 33.3 Å². The number of piperazine rings is 1. The average Bonchev–Trinajstić information content (AvgIpc) is 3.10. The summed E-state index contributed by atoms with van der Waals surface area (Å²) < 4.78 is 10.0. The quantitative estimate of drug-likeness (QED) is 0.469. The summed E-state index contributed by atoms with van der Waals surface area (Å²) in [5, 5.41) is 4.88. The standard InChI is InChI=1S/C23H27N5OS/c1-3-13-27-22(19-9-11-21(29-2)12-10-19)24-28(23(27)30)18-25-14-16-26(17-15-25)20-7-5-4-6-8-20/h3-12H,1,13-18H2,2H3/p+1. The molecule has 30 heavy (non-hydrogen) atoms. The van der Waals surface area contributed by atoms with E-state index in [9.17, 15) is 0 Å². The topological polar surface area (TPSA) is 39.7 Å². The van der Waals surface area contributed by atoms with Gasteiger partial charge in [-0.1, -0.05) is 24.3 Å². The summed E-state index contributed by atoms with van der Waals surface area (Å²) in [6.07, 6.45) is 1.86. The molecule has 1 aromatic heterocycles. The summed E-state index contributed by atoms with van der Waals surface area (Å²) in [7, 11) is 1.67. The van der Waals surface area contributed by atoms with E-state index in [-0.39, 0.29) is 0 Å². The Hall–Kier alpha value is -2.90. The molecule has 1 fully saturated rings. The van der Waals surface area contributed by atoms with Gasteiger partial charge in [0.25, 0.3) is 0 Å². The zero-order chi connectivity index (χ0) is 20.9. The van der Waals surface area contributed by atoms with Crippen LogP contribution in [0.4, 0.5) is 5.69 Å². The molecule has 1 aliphatic heterocycles. The van der Waals surface area contributed by atoms with Crippen LogP contribution in [0.1, 0.15) is 0 Å². The van der Waals surface area contributed by atoms with Crippen LogP contribution < -0.4 is 14.5 Å². The number of hydrogen-bond donors (Lipinski definition) is 1. The van der Waals surface area contributed by atoms with Crippen LogP contribution >= 0.6 is 12.2 Å². The van der Waals surface area contributed by atoms with Crippen LogP contribution in [-0.4, -0.2) is 47.6 Å². The van der Waals surface area contributed by atoms with Gasteiger partial charge >= 0.3 is 0 Å². The molecule has 0 bridgehead atoms. The number of allylic oxidation sites excluding steroid dienone is 1. The summed E-state index contributed by atoms with van der Waals surface area (Å²) in [4.78, 5) is 3.94. The van der Waals surface area contributed by atoms with Gasteiger partial charge < -0.3 is 14.5 Å². The van der Waals surface area contributed by atoms with Crippen LogP contribution in [-0.2, 0) is 13.2 Å². The third kappa shape index (κ3) is 4.32. The number of ether oxygens (including phenoxy) is 1. The fraction of sp³-hybridized carbons (Fsp3) is 0.304. The SMILES string of the molecule is C=CCn1c(-c2ccc(OC)cc2)nn(C[NH+]2CCN(c3ccccc3)CC2)c1=S. The van der Waals surface area contributed by atoms with E-state index < -0.39 is 0 Å². The average molecular weight is 423 g/mol. The number of anilines is 1. The lowest BCUT2D eigenvalue weighted by Gasteiger charge is -2.33. The molecular weight excluding hydrogens is 394 g/mol. The number of quaternary nitrogens is 1. The molecule has 1 aliphatic rings. The second-order valence-electron chi connectivity index (χ2n) is 7.46.